The van der Waals surface area contributed by atoms with Crippen LogP contribution in [0.1, 0.15) is 21.5 Å². The molecule has 152 valence electrons. The molecule has 2 rings (SSSR count). The maximum Gasteiger partial charge on any atom is 0.450 e. The first-order valence-electron chi connectivity index (χ1n) is 7.23. The number of carbonyl (C=O) groups is 1. The standard InChI is InChI=1S/C15H10Cl2F3NO6S/c16-8-6-11(15(18,19)20)13(21-7-8)27-28(24,25)26-5-4-9-10(14(22)23)2-1-3-12(9)17/h1-3,6-7H,4-5H2,(H,22,23). The van der Waals surface area contributed by atoms with E-state index in [4.69, 9.17) is 28.3 Å². The minimum absolute atomic E-state index is 0.0561. The van der Waals surface area contributed by atoms with Crippen LogP contribution in [0.4, 0.5) is 13.2 Å². The minimum atomic E-state index is -4.98. The molecular weight excluding hydrogens is 450 g/mol. The zero-order valence-electron chi connectivity index (χ0n) is 13.5. The van der Waals surface area contributed by atoms with Crippen LogP contribution in [-0.4, -0.2) is 31.1 Å². The van der Waals surface area contributed by atoms with Gasteiger partial charge in [-0.15, -0.1) is 0 Å². The van der Waals surface area contributed by atoms with Crippen LogP contribution in [0.5, 0.6) is 5.88 Å². The summed E-state index contributed by atoms with van der Waals surface area (Å²) in [6.45, 7) is -0.638. The molecule has 2 aromatic rings. The van der Waals surface area contributed by atoms with Gasteiger partial charge in [0.2, 0.25) is 5.88 Å². The Morgan fingerprint density at radius 2 is 1.93 bits per heavy atom. The summed E-state index contributed by atoms with van der Waals surface area (Å²) in [6.07, 6.45) is -4.47. The summed E-state index contributed by atoms with van der Waals surface area (Å²) in [5.74, 6) is -2.56. The summed E-state index contributed by atoms with van der Waals surface area (Å²) in [5, 5.41) is 8.78. The molecule has 28 heavy (non-hydrogen) atoms. The average Bonchev–Trinajstić information content (AvgIpc) is 2.56. The van der Waals surface area contributed by atoms with Gasteiger partial charge >= 0.3 is 22.5 Å². The van der Waals surface area contributed by atoms with Crippen molar-refractivity contribution in [3.05, 3.63) is 57.2 Å². The maximum atomic E-state index is 13.0. The Bertz CT molecular complexity index is 998. The monoisotopic (exact) mass is 459 g/mol. The predicted octanol–water partition coefficient (Wildman–Crippen LogP) is 3.99. The quantitative estimate of drug-likeness (QED) is 0.667. The lowest BCUT2D eigenvalue weighted by Gasteiger charge is -2.13. The molecule has 0 aliphatic rings. The van der Waals surface area contributed by atoms with Gasteiger partial charge in [-0.3, -0.25) is 0 Å². The first-order chi connectivity index (χ1) is 12.9. The summed E-state index contributed by atoms with van der Waals surface area (Å²) in [7, 11) is -4.94. The molecule has 0 aliphatic carbocycles. The van der Waals surface area contributed by atoms with E-state index in [1.165, 1.54) is 18.2 Å². The molecule has 0 radical (unpaired) electrons. The molecule has 0 aliphatic heterocycles. The van der Waals surface area contributed by atoms with E-state index in [2.05, 4.69) is 13.4 Å². The smallest absolute Gasteiger partial charge is 0.450 e. The fourth-order valence-corrected chi connectivity index (χ4v) is 3.16. The highest BCUT2D eigenvalue weighted by Gasteiger charge is 2.37. The molecule has 0 spiro atoms. The fourth-order valence-electron chi connectivity index (χ4n) is 2.08. The van der Waals surface area contributed by atoms with Gasteiger partial charge in [-0.1, -0.05) is 29.3 Å². The van der Waals surface area contributed by atoms with Gasteiger partial charge in [-0.25, -0.2) is 14.0 Å². The molecule has 0 unspecified atom stereocenters. The van der Waals surface area contributed by atoms with Crippen LogP contribution in [0.2, 0.25) is 10.0 Å². The molecule has 0 amide bonds. The van der Waals surface area contributed by atoms with Crippen LogP contribution < -0.4 is 4.18 Å². The first kappa shape index (κ1) is 22.2. The fraction of sp³-hybridized carbons (Fsp3) is 0.200. The lowest BCUT2D eigenvalue weighted by molar-refractivity contribution is -0.138. The van der Waals surface area contributed by atoms with Crippen molar-refractivity contribution < 1.29 is 39.9 Å². The Balaban J connectivity index is 2.14. The zero-order valence-corrected chi connectivity index (χ0v) is 15.9. The van der Waals surface area contributed by atoms with Crippen LogP contribution in [0.15, 0.2) is 30.5 Å². The molecular formula is C15H10Cl2F3NO6S. The summed E-state index contributed by atoms with van der Waals surface area (Å²) < 4.78 is 71.3. The number of aromatic nitrogens is 1. The number of carboxylic acids is 1. The van der Waals surface area contributed by atoms with E-state index in [0.717, 1.165) is 6.20 Å². The molecule has 0 saturated carbocycles. The van der Waals surface area contributed by atoms with E-state index >= 15 is 0 Å². The van der Waals surface area contributed by atoms with Gasteiger partial charge in [-0.2, -0.15) is 21.6 Å². The molecule has 1 aromatic carbocycles. The van der Waals surface area contributed by atoms with E-state index in [1.54, 1.807) is 0 Å². The van der Waals surface area contributed by atoms with Crippen molar-refractivity contribution in [2.75, 3.05) is 6.61 Å². The van der Waals surface area contributed by atoms with E-state index < -0.39 is 40.6 Å². The summed E-state index contributed by atoms with van der Waals surface area (Å²) in [5.41, 5.74) is -1.59. The zero-order chi connectivity index (χ0) is 21.1. The lowest BCUT2D eigenvalue weighted by atomic mass is 10.1. The van der Waals surface area contributed by atoms with E-state index in [9.17, 15) is 26.4 Å². The topological polar surface area (TPSA) is 103 Å². The molecule has 7 nitrogen and oxygen atoms in total. The molecule has 0 fully saturated rings. The highest BCUT2D eigenvalue weighted by Crippen LogP contribution is 2.37. The Labute approximate surface area is 166 Å². The Kier molecular flexibility index (Phi) is 6.75. The van der Waals surface area contributed by atoms with Gasteiger partial charge < -0.3 is 9.29 Å². The second kappa shape index (κ2) is 8.52. The normalized spacial score (nSPS) is 12.0. The predicted molar refractivity (Wildman–Crippen MR) is 91.9 cm³/mol. The number of aromatic carboxylic acids is 1. The first-order valence-corrected chi connectivity index (χ1v) is 9.32. The number of pyridine rings is 1. The number of nitrogens with zero attached hydrogens (tertiary/aromatic N) is 1. The van der Waals surface area contributed by atoms with Crippen molar-refractivity contribution in [2.24, 2.45) is 0 Å². The van der Waals surface area contributed by atoms with Gasteiger partial charge in [0.15, 0.2) is 0 Å². The highest BCUT2D eigenvalue weighted by molar-refractivity contribution is 7.82. The third-order valence-electron chi connectivity index (χ3n) is 3.23. The Morgan fingerprint density at radius 3 is 2.54 bits per heavy atom. The molecule has 0 saturated heterocycles. The second-order valence-corrected chi connectivity index (χ2v) is 7.20. The number of hydrogen-bond acceptors (Lipinski definition) is 6. The SMILES string of the molecule is O=C(O)c1cccc(Cl)c1CCOS(=O)(=O)Oc1ncc(Cl)cc1C(F)(F)F. The number of carboxylic acid groups (broad SMARTS) is 1. The van der Waals surface area contributed by atoms with E-state index in [-0.39, 0.29) is 27.6 Å². The van der Waals surface area contributed by atoms with Crippen molar-refractivity contribution in [3.63, 3.8) is 0 Å². The van der Waals surface area contributed by atoms with Crippen LogP contribution in [-0.2, 0) is 27.2 Å². The Morgan fingerprint density at radius 1 is 1.25 bits per heavy atom. The van der Waals surface area contributed by atoms with Gasteiger partial charge in [0.25, 0.3) is 0 Å². The minimum Gasteiger partial charge on any atom is -0.478 e. The summed E-state index contributed by atoms with van der Waals surface area (Å²) >= 11 is 11.3. The van der Waals surface area contributed by atoms with Crippen molar-refractivity contribution in [1.82, 2.24) is 4.98 Å². The third-order valence-corrected chi connectivity index (χ3v) is 4.61. The van der Waals surface area contributed by atoms with Gasteiger partial charge in [0.05, 0.1) is 17.2 Å². The van der Waals surface area contributed by atoms with Gasteiger partial charge in [0, 0.05) is 11.2 Å². The van der Waals surface area contributed by atoms with Crippen molar-refractivity contribution in [1.29, 1.82) is 0 Å². The number of hydrogen-bond donors (Lipinski definition) is 1. The van der Waals surface area contributed by atoms with E-state index in [1.807, 2.05) is 0 Å². The number of alkyl halides is 3. The molecule has 0 atom stereocenters. The Hall–Kier alpha value is -2.08. The third kappa shape index (κ3) is 5.71. The van der Waals surface area contributed by atoms with Gasteiger partial charge in [-0.05, 0) is 30.2 Å². The maximum absolute atomic E-state index is 13.0. The molecule has 0 bridgehead atoms. The van der Waals surface area contributed by atoms with Crippen molar-refractivity contribution in [3.8, 4) is 5.88 Å². The van der Waals surface area contributed by atoms with Crippen LogP contribution in [0, 0.1) is 0 Å². The van der Waals surface area contributed by atoms with E-state index in [0.29, 0.717) is 6.07 Å². The van der Waals surface area contributed by atoms with Crippen LogP contribution in [0.25, 0.3) is 0 Å². The lowest BCUT2D eigenvalue weighted by Crippen LogP contribution is -2.19. The van der Waals surface area contributed by atoms with Crippen molar-refractivity contribution >= 4 is 39.6 Å². The van der Waals surface area contributed by atoms with Crippen LogP contribution in [0.3, 0.4) is 0 Å². The molecule has 1 aromatic heterocycles. The summed E-state index contributed by atoms with van der Waals surface area (Å²) in [4.78, 5) is 14.4. The molecule has 1 N–H and O–H groups in total. The number of rotatable bonds is 7. The molecule has 13 heteroatoms. The molecule has 1 heterocycles. The van der Waals surface area contributed by atoms with Crippen molar-refractivity contribution in [2.45, 2.75) is 12.6 Å². The largest absolute Gasteiger partial charge is 0.478 e. The summed E-state index contributed by atoms with van der Waals surface area (Å²) in [6, 6.07) is 4.48. The highest BCUT2D eigenvalue weighted by atomic mass is 35.5. The number of benzene rings is 1. The van der Waals surface area contributed by atoms with Crippen LogP contribution >= 0.6 is 23.2 Å². The average molecular weight is 460 g/mol. The number of halogens is 5. The van der Waals surface area contributed by atoms with Gasteiger partial charge in [0.1, 0.15) is 5.56 Å². The second-order valence-electron chi connectivity index (χ2n) is 5.14.